The number of benzene rings is 1. The maximum absolute atomic E-state index is 12.7. The van der Waals surface area contributed by atoms with E-state index in [2.05, 4.69) is 31.0 Å². The Morgan fingerprint density at radius 1 is 1.10 bits per heavy atom. The molecule has 0 saturated carbocycles. The van der Waals surface area contributed by atoms with Gasteiger partial charge >= 0.3 is 0 Å². The van der Waals surface area contributed by atoms with Gasteiger partial charge in [-0.05, 0) is 50.8 Å². The van der Waals surface area contributed by atoms with E-state index in [-0.39, 0.29) is 11.9 Å². The standard InChI is InChI=1S/C25H40N2O4/c1-4-5-6-7-8-9-24(28)26-21(17-27-18(2)10-11-19(27)3)25(29)20-12-13-22-23(16-20)31-15-14-30-22/h12-13,16,18-19,21,25,29H,4-11,14-15,17H2,1-3H3,(H,26,28)/t18-,19-,21-,25-/m1/s1. The van der Waals surface area contributed by atoms with E-state index >= 15 is 0 Å². The molecular weight excluding hydrogens is 392 g/mol. The number of nitrogens with one attached hydrogen (secondary N) is 1. The van der Waals surface area contributed by atoms with Gasteiger partial charge in [0, 0.05) is 25.0 Å². The molecule has 2 aliphatic heterocycles. The van der Waals surface area contributed by atoms with Crippen LogP contribution in [-0.2, 0) is 4.79 Å². The lowest BCUT2D eigenvalue weighted by Crippen LogP contribution is -2.49. The van der Waals surface area contributed by atoms with Gasteiger partial charge in [0.1, 0.15) is 19.3 Å². The molecule has 1 amide bonds. The van der Waals surface area contributed by atoms with Gasteiger partial charge < -0.3 is 19.9 Å². The fraction of sp³-hybridized carbons (Fsp3) is 0.720. The molecule has 6 heteroatoms. The van der Waals surface area contributed by atoms with Crippen molar-refractivity contribution < 1.29 is 19.4 Å². The summed E-state index contributed by atoms with van der Waals surface area (Å²) >= 11 is 0. The van der Waals surface area contributed by atoms with Gasteiger partial charge in [-0.1, -0.05) is 38.7 Å². The van der Waals surface area contributed by atoms with Crippen molar-refractivity contribution in [3.63, 3.8) is 0 Å². The molecule has 0 aliphatic carbocycles. The lowest BCUT2D eigenvalue weighted by atomic mass is 10.00. The Morgan fingerprint density at radius 3 is 2.48 bits per heavy atom. The molecule has 1 fully saturated rings. The van der Waals surface area contributed by atoms with E-state index in [0.717, 1.165) is 31.2 Å². The second kappa shape index (κ2) is 11.7. The Kier molecular flexibility index (Phi) is 9.02. The van der Waals surface area contributed by atoms with Gasteiger partial charge in [0.15, 0.2) is 11.5 Å². The Hall–Kier alpha value is -1.79. The summed E-state index contributed by atoms with van der Waals surface area (Å²) in [5.74, 6) is 1.39. The van der Waals surface area contributed by atoms with E-state index in [4.69, 9.17) is 9.47 Å². The van der Waals surface area contributed by atoms with Gasteiger partial charge in [-0.25, -0.2) is 0 Å². The van der Waals surface area contributed by atoms with E-state index < -0.39 is 6.10 Å². The van der Waals surface area contributed by atoms with E-state index in [0.29, 0.717) is 49.8 Å². The Balaban J connectivity index is 1.68. The van der Waals surface area contributed by atoms with Crippen molar-refractivity contribution >= 4 is 5.91 Å². The molecular formula is C25H40N2O4. The average Bonchev–Trinajstić information content (AvgIpc) is 3.09. The van der Waals surface area contributed by atoms with Crippen molar-refractivity contribution in [2.24, 2.45) is 0 Å². The van der Waals surface area contributed by atoms with Crippen LogP contribution in [0.2, 0.25) is 0 Å². The van der Waals surface area contributed by atoms with Crippen molar-refractivity contribution in [1.82, 2.24) is 10.2 Å². The predicted molar refractivity (Wildman–Crippen MR) is 123 cm³/mol. The van der Waals surface area contributed by atoms with Crippen LogP contribution in [0.4, 0.5) is 0 Å². The molecule has 6 nitrogen and oxygen atoms in total. The summed E-state index contributed by atoms with van der Waals surface area (Å²) in [5, 5.41) is 14.4. The van der Waals surface area contributed by atoms with Crippen molar-refractivity contribution in [1.29, 1.82) is 0 Å². The fourth-order valence-electron chi connectivity index (χ4n) is 4.70. The monoisotopic (exact) mass is 432 g/mol. The third-order valence-corrected chi connectivity index (χ3v) is 6.68. The number of aliphatic hydroxyl groups excluding tert-OH is 1. The first-order valence-electron chi connectivity index (χ1n) is 12.1. The highest BCUT2D eigenvalue weighted by molar-refractivity contribution is 5.76. The van der Waals surface area contributed by atoms with Crippen molar-refractivity contribution in [2.75, 3.05) is 19.8 Å². The molecule has 1 aromatic rings. The number of nitrogens with zero attached hydrogens (tertiary/aromatic N) is 1. The minimum Gasteiger partial charge on any atom is -0.486 e. The first-order chi connectivity index (χ1) is 15.0. The summed E-state index contributed by atoms with van der Waals surface area (Å²) in [7, 11) is 0. The Morgan fingerprint density at radius 2 is 1.77 bits per heavy atom. The van der Waals surface area contributed by atoms with Crippen LogP contribution in [0.3, 0.4) is 0 Å². The van der Waals surface area contributed by atoms with Crippen LogP contribution in [0.5, 0.6) is 11.5 Å². The van der Waals surface area contributed by atoms with Crippen LogP contribution >= 0.6 is 0 Å². The molecule has 31 heavy (non-hydrogen) atoms. The van der Waals surface area contributed by atoms with Gasteiger partial charge in [0.05, 0.1) is 6.04 Å². The van der Waals surface area contributed by atoms with E-state index in [9.17, 15) is 9.90 Å². The van der Waals surface area contributed by atoms with Crippen LogP contribution < -0.4 is 14.8 Å². The van der Waals surface area contributed by atoms with E-state index in [1.54, 1.807) is 0 Å². The fourth-order valence-corrected chi connectivity index (χ4v) is 4.70. The highest BCUT2D eigenvalue weighted by Gasteiger charge is 2.33. The summed E-state index contributed by atoms with van der Waals surface area (Å²) in [6.45, 7) is 8.33. The second-order valence-corrected chi connectivity index (χ2v) is 9.16. The third-order valence-electron chi connectivity index (χ3n) is 6.68. The largest absolute Gasteiger partial charge is 0.486 e. The zero-order valence-electron chi connectivity index (χ0n) is 19.4. The number of fused-ring (bicyclic) bond motifs is 1. The summed E-state index contributed by atoms with van der Waals surface area (Å²) in [6.07, 6.45) is 7.58. The molecule has 2 heterocycles. The Bertz CT molecular complexity index is 701. The molecule has 4 atom stereocenters. The maximum Gasteiger partial charge on any atom is 0.220 e. The number of aliphatic hydroxyl groups is 1. The van der Waals surface area contributed by atoms with Gasteiger partial charge in [-0.2, -0.15) is 0 Å². The van der Waals surface area contributed by atoms with Crippen LogP contribution in [0.15, 0.2) is 18.2 Å². The number of amides is 1. The highest BCUT2D eigenvalue weighted by atomic mass is 16.6. The van der Waals surface area contributed by atoms with Gasteiger partial charge in [-0.15, -0.1) is 0 Å². The van der Waals surface area contributed by atoms with E-state index in [1.165, 1.54) is 19.3 Å². The van der Waals surface area contributed by atoms with Crippen molar-refractivity contribution in [3.05, 3.63) is 23.8 Å². The summed E-state index contributed by atoms with van der Waals surface area (Å²) in [6, 6.07) is 6.11. The topological polar surface area (TPSA) is 71.0 Å². The lowest BCUT2D eigenvalue weighted by molar-refractivity contribution is -0.123. The highest BCUT2D eigenvalue weighted by Crippen LogP contribution is 2.34. The molecule has 3 rings (SSSR count). The normalized spacial score (nSPS) is 22.8. The average molecular weight is 433 g/mol. The maximum atomic E-state index is 12.7. The number of hydrogen-bond donors (Lipinski definition) is 2. The molecule has 174 valence electrons. The minimum absolute atomic E-state index is 0.0256. The van der Waals surface area contributed by atoms with E-state index in [1.807, 2.05) is 18.2 Å². The number of likely N-dealkylation sites (tertiary alicyclic amines) is 1. The second-order valence-electron chi connectivity index (χ2n) is 9.16. The molecule has 2 N–H and O–H groups in total. The molecule has 0 aromatic heterocycles. The number of rotatable bonds is 11. The quantitative estimate of drug-likeness (QED) is 0.513. The summed E-state index contributed by atoms with van der Waals surface area (Å²) in [4.78, 5) is 15.1. The van der Waals surface area contributed by atoms with Crippen LogP contribution in [0.1, 0.15) is 83.8 Å². The van der Waals surface area contributed by atoms with Crippen LogP contribution in [0, 0.1) is 0 Å². The lowest BCUT2D eigenvalue weighted by Gasteiger charge is -2.33. The van der Waals surface area contributed by atoms with Crippen molar-refractivity contribution in [2.45, 2.75) is 96.4 Å². The number of hydrogen-bond acceptors (Lipinski definition) is 5. The summed E-state index contributed by atoms with van der Waals surface area (Å²) < 4.78 is 11.3. The predicted octanol–water partition coefficient (Wildman–Crippen LogP) is 4.21. The smallest absolute Gasteiger partial charge is 0.220 e. The van der Waals surface area contributed by atoms with Gasteiger partial charge in [-0.3, -0.25) is 9.69 Å². The molecule has 2 aliphatic rings. The number of carbonyl (C=O) groups excluding carboxylic acids is 1. The van der Waals surface area contributed by atoms with Gasteiger partial charge in [0.2, 0.25) is 5.91 Å². The van der Waals surface area contributed by atoms with Crippen LogP contribution in [0.25, 0.3) is 0 Å². The minimum atomic E-state index is -0.806. The third kappa shape index (κ3) is 6.59. The number of unbranched alkanes of at least 4 members (excludes halogenated alkanes) is 4. The first-order valence-corrected chi connectivity index (χ1v) is 12.1. The number of ether oxygens (including phenoxy) is 2. The summed E-state index contributed by atoms with van der Waals surface area (Å²) in [5.41, 5.74) is 0.747. The SMILES string of the molecule is CCCCCCCC(=O)N[C@H](CN1[C@H](C)CC[C@H]1C)[C@H](O)c1ccc2c(c1)OCCO2. The zero-order chi connectivity index (χ0) is 22.2. The Labute approximate surface area is 187 Å². The molecule has 0 spiro atoms. The number of carbonyl (C=O) groups is 1. The molecule has 1 aromatic carbocycles. The molecule has 0 radical (unpaired) electrons. The molecule has 0 unspecified atom stereocenters. The first kappa shape index (κ1) is 23.9. The van der Waals surface area contributed by atoms with Crippen molar-refractivity contribution in [3.8, 4) is 11.5 Å². The van der Waals surface area contributed by atoms with Crippen LogP contribution in [-0.4, -0.2) is 53.8 Å². The zero-order valence-corrected chi connectivity index (χ0v) is 19.4. The molecule has 1 saturated heterocycles. The van der Waals surface area contributed by atoms with Gasteiger partial charge in [0.25, 0.3) is 0 Å². The molecule has 0 bridgehead atoms.